The molecule has 0 saturated heterocycles. The molecule has 0 saturated carbocycles. The first-order valence-electron chi connectivity index (χ1n) is 7.28. The first kappa shape index (κ1) is 12.7. The number of rotatable bonds is 2. The number of hydrogen-bond donors (Lipinski definition) is 0. The van der Waals surface area contributed by atoms with Crippen molar-refractivity contribution >= 4 is 11.0 Å². The highest BCUT2D eigenvalue weighted by atomic mass is 14.8. The van der Waals surface area contributed by atoms with Crippen molar-refractivity contribution in [2.45, 2.75) is 0 Å². The molecular weight excluding hydrogens is 268 g/mol. The highest BCUT2D eigenvalue weighted by molar-refractivity contribution is 5.77. The van der Waals surface area contributed by atoms with Crippen molar-refractivity contribution in [3.8, 4) is 22.4 Å². The van der Waals surface area contributed by atoms with E-state index in [9.17, 15) is 0 Å². The van der Waals surface area contributed by atoms with Crippen LogP contribution in [0.3, 0.4) is 0 Å². The van der Waals surface area contributed by atoms with Crippen LogP contribution in [0.4, 0.5) is 0 Å². The van der Waals surface area contributed by atoms with E-state index in [1.165, 1.54) is 11.1 Å². The van der Waals surface area contributed by atoms with Gasteiger partial charge in [-0.2, -0.15) is 0 Å². The summed E-state index contributed by atoms with van der Waals surface area (Å²) in [7, 11) is 0. The Kier molecular flexibility index (Phi) is 3.13. The van der Waals surface area contributed by atoms with E-state index < -0.39 is 0 Å². The summed E-state index contributed by atoms with van der Waals surface area (Å²) in [5.41, 5.74) is 6.26. The van der Waals surface area contributed by atoms with E-state index in [-0.39, 0.29) is 0 Å². The van der Waals surface area contributed by atoms with Gasteiger partial charge in [-0.15, -0.1) is 0 Å². The minimum absolute atomic E-state index is 0.901. The molecule has 0 N–H and O–H groups in total. The molecule has 104 valence electrons. The summed E-state index contributed by atoms with van der Waals surface area (Å²) in [5, 5.41) is 0. The van der Waals surface area contributed by atoms with Crippen LogP contribution in [0.15, 0.2) is 85.1 Å². The molecule has 0 fully saturated rings. The van der Waals surface area contributed by atoms with Crippen molar-refractivity contribution in [2.75, 3.05) is 0 Å². The molecule has 3 aromatic carbocycles. The monoisotopic (exact) mass is 282 g/mol. The maximum absolute atomic E-state index is 4.69. The van der Waals surface area contributed by atoms with Crippen LogP contribution >= 0.6 is 0 Å². The third-order valence-electron chi connectivity index (χ3n) is 3.74. The average Bonchev–Trinajstić information content (AvgIpc) is 2.62. The summed E-state index contributed by atoms with van der Waals surface area (Å²) in [4.78, 5) is 9.16. The van der Waals surface area contributed by atoms with Gasteiger partial charge >= 0.3 is 0 Å². The highest BCUT2D eigenvalue weighted by Gasteiger charge is 2.03. The van der Waals surface area contributed by atoms with E-state index in [4.69, 9.17) is 0 Å². The van der Waals surface area contributed by atoms with Gasteiger partial charge in [0.2, 0.25) is 0 Å². The van der Waals surface area contributed by atoms with E-state index in [2.05, 4.69) is 58.5 Å². The molecule has 0 amide bonds. The van der Waals surface area contributed by atoms with Gasteiger partial charge < -0.3 is 0 Å². The average molecular weight is 282 g/mol. The maximum Gasteiger partial charge on any atom is 0.0894 e. The Morgan fingerprint density at radius 1 is 0.500 bits per heavy atom. The fourth-order valence-corrected chi connectivity index (χ4v) is 2.56. The summed E-state index contributed by atoms with van der Waals surface area (Å²) >= 11 is 0. The molecule has 4 aromatic rings. The molecule has 2 nitrogen and oxygen atoms in total. The van der Waals surface area contributed by atoms with Gasteiger partial charge in [0.25, 0.3) is 0 Å². The SMILES string of the molecule is c1ccc(-c2ccc(-c3cnc4ccccc4n3)cc2)cc1. The fraction of sp³-hybridized carbons (Fsp3) is 0. The van der Waals surface area contributed by atoms with Crippen LogP contribution in [0.5, 0.6) is 0 Å². The van der Waals surface area contributed by atoms with E-state index in [1.54, 1.807) is 0 Å². The first-order chi connectivity index (χ1) is 10.9. The highest BCUT2D eigenvalue weighted by Crippen LogP contribution is 2.24. The van der Waals surface area contributed by atoms with Crippen LogP contribution < -0.4 is 0 Å². The van der Waals surface area contributed by atoms with Crippen molar-refractivity contribution in [3.63, 3.8) is 0 Å². The molecule has 0 aliphatic heterocycles. The summed E-state index contributed by atoms with van der Waals surface area (Å²) in [5.74, 6) is 0. The van der Waals surface area contributed by atoms with Crippen molar-refractivity contribution in [1.29, 1.82) is 0 Å². The summed E-state index contributed by atoms with van der Waals surface area (Å²) in [6.07, 6.45) is 1.83. The van der Waals surface area contributed by atoms with Crippen LogP contribution in [-0.4, -0.2) is 9.97 Å². The second kappa shape index (κ2) is 5.41. The largest absolute Gasteiger partial charge is 0.252 e. The van der Waals surface area contributed by atoms with Crippen molar-refractivity contribution in [3.05, 3.63) is 85.1 Å². The number of hydrogen-bond acceptors (Lipinski definition) is 2. The molecular formula is C20H14N2. The Morgan fingerprint density at radius 3 is 1.86 bits per heavy atom. The van der Waals surface area contributed by atoms with Gasteiger partial charge in [0.05, 0.1) is 22.9 Å². The standard InChI is InChI=1S/C20H14N2/c1-2-6-15(7-3-1)16-10-12-17(13-11-16)20-14-21-18-8-4-5-9-19(18)22-20/h1-14H. The zero-order valence-electron chi connectivity index (χ0n) is 12.0. The second-order valence-electron chi connectivity index (χ2n) is 5.19. The van der Waals surface area contributed by atoms with Crippen molar-refractivity contribution in [2.24, 2.45) is 0 Å². The van der Waals surface area contributed by atoms with Gasteiger partial charge in [-0.05, 0) is 23.3 Å². The van der Waals surface area contributed by atoms with Crippen molar-refractivity contribution < 1.29 is 0 Å². The first-order valence-corrected chi connectivity index (χ1v) is 7.28. The molecule has 0 aliphatic carbocycles. The number of para-hydroxylation sites is 2. The lowest BCUT2D eigenvalue weighted by atomic mass is 10.0. The number of aromatic nitrogens is 2. The van der Waals surface area contributed by atoms with E-state index >= 15 is 0 Å². The Hall–Kier alpha value is -3.00. The Bertz CT molecular complexity index is 913. The fourth-order valence-electron chi connectivity index (χ4n) is 2.56. The lowest BCUT2D eigenvalue weighted by molar-refractivity contribution is 1.29. The van der Waals surface area contributed by atoms with Gasteiger partial charge in [-0.3, -0.25) is 4.98 Å². The molecule has 0 spiro atoms. The lowest BCUT2D eigenvalue weighted by Gasteiger charge is -2.05. The second-order valence-corrected chi connectivity index (χ2v) is 5.19. The molecule has 0 bridgehead atoms. The quantitative estimate of drug-likeness (QED) is 0.519. The van der Waals surface area contributed by atoms with Gasteiger partial charge in [-0.1, -0.05) is 66.7 Å². The van der Waals surface area contributed by atoms with E-state index in [0.29, 0.717) is 0 Å². The number of nitrogens with zero attached hydrogens (tertiary/aromatic N) is 2. The van der Waals surface area contributed by atoms with Crippen LogP contribution in [0, 0.1) is 0 Å². The summed E-state index contributed by atoms with van der Waals surface area (Å²) in [6, 6.07) is 26.7. The Labute approximate surface area is 129 Å². The smallest absolute Gasteiger partial charge is 0.0894 e. The summed E-state index contributed by atoms with van der Waals surface area (Å²) < 4.78 is 0. The van der Waals surface area contributed by atoms with E-state index in [0.717, 1.165) is 22.3 Å². The Morgan fingerprint density at radius 2 is 1.09 bits per heavy atom. The Balaban J connectivity index is 1.73. The zero-order valence-corrected chi connectivity index (χ0v) is 12.0. The van der Waals surface area contributed by atoms with Crippen LogP contribution in [0.25, 0.3) is 33.4 Å². The maximum atomic E-state index is 4.69. The summed E-state index contributed by atoms with van der Waals surface area (Å²) in [6.45, 7) is 0. The van der Waals surface area contributed by atoms with Crippen molar-refractivity contribution in [1.82, 2.24) is 9.97 Å². The molecule has 0 unspecified atom stereocenters. The van der Waals surface area contributed by atoms with Crippen LogP contribution in [-0.2, 0) is 0 Å². The van der Waals surface area contributed by atoms with E-state index in [1.807, 2.05) is 36.5 Å². The van der Waals surface area contributed by atoms with Crippen LogP contribution in [0.1, 0.15) is 0 Å². The molecule has 1 heterocycles. The molecule has 22 heavy (non-hydrogen) atoms. The molecule has 0 aliphatic rings. The zero-order chi connectivity index (χ0) is 14.8. The predicted molar refractivity (Wildman–Crippen MR) is 90.4 cm³/mol. The lowest BCUT2D eigenvalue weighted by Crippen LogP contribution is -1.88. The molecule has 4 rings (SSSR count). The van der Waals surface area contributed by atoms with Gasteiger partial charge in [0.1, 0.15) is 0 Å². The predicted octanol–water partition coefficient (Wildman–Crippen LogP) is 4.96. The minimum atomic E-state index is 0.901. The number of benzene rings is 3. The van der Waals surface area contributed by atoms with Gasteiger partial charge in [0.15, 0.2) is 0 Å². The van der Waals surface area contributed by atoms with Gasteiger partial charge in [-0.25, -0.2) is 4.98 Å². The normalized spacial score (nSPS) is 10.7. The number of fused-ring (bicyclic) bond motifs is 1. The third-order valence-corrected chi connectivity index (χ3v) is 3.74. The molecule has 0 radical (unpaired) electrons. The minimum Gasteiger partial charge on any atom is -0.252 e. The van der Waals surface area contributed by atoms with Crippen LogP contribution in [0.2, 0.25) is 0 Å². The van der Waals surface area contributed by atoms with Gasteiger partial charge in [0, 0.05) is 5.56 Å². The molecule has 2 heteroatoms. The molecule has 1 aromatic heterocycles. The molecule has 0 atom stereocenters. The third kappa shape index (κ3) is 2.35. The topological polar surface area (TPSA) is 25.8 Å².